The first kappa shape index (κ1) is 12.5. The van der Waals surface area contributed by atoms with Crippen LogP contribution in [0, 0.1) is 11.3 Å². The summed E-state index contributed by atoms with van der Waals surface area (Å²) in [4.78, 5) is 10.6. The molecule has 1 aromatic carbocycles. The van der Waals surface area contributed by atoms with E-state index in [9.17, 15) is 4.79 Å². The number of carbonyl (C=O) groups excluding carboxylic acids is 1. The molecule has 0 spiro atoms. The standard InChI is InChI=1S/C10H10BrN3O2/c11-7-1-6(4-12)2-8(3-7)14-5-9(15)10(13)16/h1-3,9,14-15H,5H2,(H2,13,16). The molecule has 0 fully saturated rings. The molecule has 0 saturated carbocycles. The van der Waals surface area contributed by atoms with Gasteiger partial charge in [-0.25, -0.2) is 0 Å². The second-order valence-electron chi connectivity index (χ2n) is 3.14. The first-order valence-corrected chi connectivity index (χ1v) is 5.24. The van der Waals surface area contributed by atoms with Crippen molar-refractivity contribution in [3.63, 3.8) is 0 Å². The number of nitriles is 1. The van der Waals surface area contributed by atoms with Crippen LogP contribution in [0.3, 0.4) is 0 Å². The third-order valence-corrected chi connectivity index (χ3v) is 2.31. The lowest BCUT2D eigenvalue weighted by Gasteiger charge is -2.10. The third-order valence-electron chi connectivity index (χ3n) is 1.85. The number of rotatable bonds is 4. The van der Waals surface area contributed by atoms with E-state index in [4.69, 9.17) is 16.1 Å². The number of carbonyl (C=O) groups is 1. The van der Waals surface area contributed by atoms with E-state index in [2.05, 4.69) is 21.2 Å². The second-order valence-corrected chi connectivity index (χ2v) is 4.06. The fourth-order valence-electron chi connectivity index (χ4n) is 1.07. The molecule has 1 unspecified atom stereocenters. The van der Waals surface area contributed by atoms with Crippen molar-refractivity contribution < 1.29 is 9.90 Å². The molecule has 6 heteroatoms. The molecule has 1 atom stereocenters. The van der Waals surface area contributed by atoms with Crippen LogP contribution in [-0.4, -0.2) is 23.7 Å². The predicted molar refractivity (Wildman–Crippen MR) is 62.5 cm³/mol. The maximum Gasteiger partial charge on any atom is 0.248 e. The predicted octanol–water partition coefficient (Wildman–Crippen LogP) is 0.579. The van der Waals surface area contributed by atoms with Crippen LogP contribution in [0.4, 0.5) is 5.69 Å². The Labute approximate surface area is 101 Å². The van der Waals surface area contributed by atoms with E-state index in [0.717, 1.165) is 4.47 Å². The Bertz CT molecular complexity index is 442. The maximum absolute atomic E-state index is 10.6. The third kappa shape index (κ3) is 3.53. The SMILES string of the molecule is N#Cc1cc(Br)cc(NCC(O)C(N)=O)c1. The molecular weight excluding hydrogens is 274 g/mol. The van der Waals surface area contributed by atoms with Gasteiger partial charge < -0.3 is 16.2 Å². The topological polar surface area (TPSA) is 99.1 Å². The first-order chi connectivity index (χ1) is 7.52. The van der Waals surface area contributed by atoms with Gasteiger partial charge in [0.2, 0.25) is 5.91 Å². The van der Waals surface area contributed by atoms with Crippen LogP contribution in [0.2, 0.25) is 0 Å². The molecule has 1 aromatic rings. The molecule has 0 saturated heterocycles. The summed E-state index contributed by atoms with van der Waals surface area (Å²) < 4.78 is 0.739. The molecule has 0 aliphatic heterocycles. The minimum Gasteiger partial charge on any atom is -0.382 e. The molecule has 0 aromatic heterocycles. The van der Waals surface area contributed by atoms with Crippen LogP contribution >= 0.6 is 15.9 Å². The van der Waals surface area contributed by atoms with Crippen molar-refractivity contribution in [1.29, 1.82) is 5.26 Å². The molecule has 4 N–H and O–H groups in total. The number of nitrogens with two attached hydrogens (primary N) is 1. The lowest BCUT2D eigenvalue weighted by atomic mass is 10.2. The Balaban J connectivity index is 2.71. The van der Waals surface area contributed by atoms with Gasteiger partial charge in [-0.3, -0.25) is 4.79 Å². The Kier molecular flexibility index (Phi) is 4.28. The summed E-state index contributed by atoms with van der Waals surface area (Å²) in [5, 5.41) is 20.7. The highest BCUT2D eigenvalue weighted by molar-refractivity contribution is 9.10. The van der Waals surface area contributed by atoms with Crippen LogP contribution in [0.5, 0.6) is 0 Å². The van der Waals surface area contributed by atoms with Gasteiger partial charge in [0.05, 0.1) is 11.6 Å². The summed E-state index contributed by atoms with van der Waals surface area (Å²) in [6, 6.07) is 7.00. The normalized spacial score (nSPS) is 11.6. The number of primary amides is 1. The number of aliphatic hydroxyl groups excluding tert-OH is 1. The van der Waals surface area contributed by atoms with E-state index in [0.29, 0.717) is 11.3 Å². The molecule has 0 aliphatic carbocycles. The van der Waals surface area contributed by atoms with Gasteiger partial charge in [-0.15, -0.1) is 0 Å². The van der Waals surface area contributed by atoms with Gasteiger partial charge >= 0.3 is 0 Å². The lowest BCUT2D eigenvalue weighted by molar-refractivity contribution is -0.125. The monoisotopic (exact) mass is 283 g/mol. The van der Waals surface area contributed by atoms with E-state index >= 15 is 0 Å². The summed E-state index contributed by atoms with van der Waals surface area (Å²) in [5.74, 6) is -0.789. The van der Waals surface area contributed by atoms with Gasteiger partial charge in [-0.2, -0.15) is 5.26 Å². The van der Waals surface area contributed by atoms with Crippen molar-refractivity contribution in [2.24, 2.45) is 5.73 Å². The fourth-order valence-corrected chi connectivity index (χ4v) is 1.56. The van der Waals surface area contributed by atoms with Gasteiger partial charge in [0.25, 0.3) is 0 Å². The van der Waals surface area contributed by atoms with Crippen molar-refractivity contribution in [2.45, 2.75) is 6.10 Å². The van der Waals surface area contributed by atoms with E-state index in [1.807, 2.05) is 6.07 Å². The average Bonchev–Trinajstić information content (AvgIpc) is 2.24. The number of hydrogen-bond donors (Lipinski definition) is 3. The molecule has 0 bridgehead atoms. The number of nitrogens with zero attached hydrogens (tertiary/aromatic N) is 1. The maximum atomic E-state index is 10.6. The van der Waals surface area contributed by atoms with E-state index < -0.39 is 12.0 Å². The number of nitrogens with one attached hydrogen (secondary N) is 1. The largest absolute Gasteiger partial charge is 0.382 e. The highest BCUT2D eigenvalue weighted by Gasteiger charge is 2.10. The van der Waals surface area contributed by atoms with Crippen molar-refractivity contribution in [2.75, 3.05) is 11.9 Å². The molecule has 0 radical (unpaired) electrons. The molecular formula is C10H10BrN3O2. The van der Waals surface area contributed by atoms with Gasteiger partial charge in [-0.1, -0.05) is 15.9 Å². The van der Waals surface area contributed by atoms with E-state index in [-0.39, 0.29) is 6.54 Å². The Morgan fingerprint density at radius 1 is 1.62 bits per heavy atom. The smallest absolute Gasteiger partial charge is 0.248 e. The van der Waals surface area contributed by atoms with Crippen LogP contribution in [-0.2, 0) is 4.79 Å². The molecule has 5 nitrogen and oxygen atoms in total. The summed E-state index contributed by atoms with van der Waals surface area (Å²) in [7, 11) is 0. The minimum atomic E-state index is -1.25. The minimum absolute atomic E-state index is 0.0106. The summed E-state index contributed by atoms with van der Waals surface area (Å²) in [5.41, 5.74) is 6.00. The number of halogens is 1. The van der Waals surface area contributed by atoms with Crippen LogP contribution in [0.15, 0.2) is 22.7 Å². The fraction of sp³-hybridized carbons (Fsp3) is 0.200. The van der Waals surface area contributed by atoms with Crippen LogP contribution in [0.1, 0.15) is 5.56 Å². The number of benzene rings is 1. The van der Waals surface area contributed by atoms with Crippen molar-refractivity contribution in [3.8, 4) is 6.07 Å². The van der Waals surface area contributed by atoms with Gasteiger partial charge in [0, 0.05) is 16.7 Å². The molecule has 16 heavy (non-hydrogen) atoms. The first-order valence-electron chi connectivity index (χ1n) is 4.45. The number of hydrogen-bond acceptors (Lipinski definition) is 4. The van der Waals surface area contributed by atoms with Gasteiger partial charge in [-0.05, 0) is 18.2 Å². The van der Waals surface area contributed by atoms with Crippen molar-refractivity contribution >= 4 is 27.5 Å². The zero-order chi connectivity index (χ0) is 12.1. The van der Waals surface area contributed by atoms with Gasteiger partial charge in [0.15, 0.2) is 0 Å². The Hall–Kier alpha value is -1.58. The molecule has 0 heterocycles. The number of aliphatic hydroxyl groups is 1. The summed E-state index contributed by atoms with van der Waals surface area (Å²) in [6.45, 7) is 0.0106. The molecule has 84 valence electrons. The quantitative estimate of drug-likeness (QED) is 0.753. The summed E-state index contributed by atoms with van der Waals surface area (Å²) >= 11 is 3.24. The zero-order valence-electron chi connectivity index (χ0n) is 8.27. The molecule has 0 aliphatic rings. The van der Waals surface area contributed by atoms with Crippen molar-refractivity contribution in [1.82, 2.24) is 0 Å². The van der Waals surface area contributed by atoms with E-state index in [1.165, 1.54) is 0 Å². The van der Waals surface area contributed by atoms with Crippen LogP contribution in [0.25, 0.3) is 0 Å². The molecule has 1 rings (SSSR count). The highest BCUT2D eigenvalue weighted by Crippen LogP contribution is 2.19. The summed E-state index contributed by atoms with van der Waals surface area (Å²) in [6.07, 6.45) is -1.25. The Morgan fingerprint density at radius 2 is 2.31 bits per heavy atom. The Morgan fingerprint density at radius 3 is 2.88 bits per heavy atom. The average molecular weight is 284 g/mol. The highest BCUT2D eigenvalue weighted by atomic mass is 79.9. The lowest BCUT2D eigenvalue weighted by Crippen LogP contribution is -2.34. The second kappa shape index (κ2) is 5.49. The number of anilines is 1. The van der Waals surface area contributed by atoms with E-state index in [1.54, 1.807) is 18.2 Å². The molecule has 1 amide bonds. The zero-order valence-corrected chi connectivity index (χ0v) is 9.86. The van der Waals surface area contributed by atoms with Gasteiger partial charge in [0.1, 0.15) is 6.10 Å². The van der Waals surface area contributed by atoms with Crippen molar-refractivity contribution in [3.05, 3.63) is 28.2 Å². The number of amides is 1. The van der Waals surface area contributed by atoms with Crippen LogP contribution < -0.4 is 11.1 Å².